The summed E-state index contributed by atoms with van der Waals surface area (Å²) in [5.41, 5.74) is 0.510. The van der Waals surface area contributed by atoms with Crippen LogP contribution in [0.15, 0.2) is 11.3 Å². The van der Waals surface area contributed by atoms with Gasteiger partial charge in [-0.1, -0.05) is 0 Å². The molecule has 0 amide bonds. The highest BCUT2D eigenvalue weighted by Gasteiger charge is 2.20. The minimum absolute atomic E-state index is 0.0596. The van der Waals surface area contributed by atoms with Crippen LogP contribution in [0.2, 0.25) is 0 Å². The van der Waals surface area contributed by atoms with Gasteiger partial charge in [-0.2, -0.15) is 0 Å². The van der Waals surface area contributed by atoms with E-state index in [0.29, 0.717) is 24.0 Å². The molecule has 0 fully saturated rings. The number of ketones is 1. The molecule has 0 atom stereocenters. The molecule has 13 heavy (non-hydrogen) atoms. The Labute approximate surface area is 76.3 Å². The normalized spacial score (nSPS) is 15.2. The van der Waals surface area contributed by atoms with E-state index in [0.717, 1.165) is 0 Å². The summed E-state index contributed by atoms with van der Waals surface area (Å²) in [6.45, 7) is 4.08. The number of carbonyl (C=O) groups excluding carboxylic acids is 1. The van der Waals surface area contributed by atoms with Crippen molar-refractivity contribution in [2.45, 2.75) is 26.3 Å². The molecule has 0 unspecified atom stereocenters. The van der Waals surface area contributed by atoms with Crippen molar-refractivity contribution in [3.05, 3.63) is 12.0 Å². The first-order valence-electron chi connectivity index (χ1n) is 4.32. The second-order valence-corrected chi connectivity index (χ2v) is 3.36. The van der Waals surface area contributed by atoms with E-state index < -0.39 is 0 Å². The number of Topliss-reactive ketones (excluding diaryl/α,β-unsaturated/α-hetero) is 1. The summed E-state index contributed by atoms with van der Waals surface area (Å²) in [6, 6.07) is 0.291. The lowest BCUT2D eigenvalue weighted by atomic mass is 10.2. The van der Waals surface area contributed by atoms with E-state index in [9.17, 15) is 4.79 Å². The first-order valence-corrected chi connectivity index (χ1v) is 4.32. The van der Waals surface area contributed by atoms with Crippen molar-refractivity contribution in [1.82, 2.24) is 9.55 Å². The Morgan fingerprint density at radius 3 is 3.00 bits per heavy atom. The summed E-state index contributed by atoms with van der Waals surface area (Å²) >= 11 is 0. The highest BCUT2D eigenvalue weighted by Crippen LogP contribution is 2.25. The number of aliphatic imine (C=N–C) groups is 1. The van der Waals surface area contributed by atoms with Gasteiger partial charge in [-0.05, 0) is 13.8 Å². The maximum atomic E-state index is 11.4. The van der Waals surface area contributed by atoms with Crippen LogP contribution < -0.4 is 0 Å². The first-order chi connectivity index (χ1) is 6.20. The zero-order valence-electron chi connectivity index (χ0n) is 7.69. The van der Waals surface area contributed by atoms with Crippen molar-refractivity contribution in [2.75, 3.05) is 0 Å². The fourth-order valence-corrected chi connectivity index (χ4v) is 1.37. The third-order valence-corrected chi connectivity index (χ3v) is 2.08. The number of hydrogen-bond donors (Lipinski definition) is 0. The summed E-state index contributed by atoms with van der Waals surface area (Å²) in [7, 11) is 0. The topological polar surface area (TPSA) is 47.2 Å². The lowest BCUT2D eigenvalue weighted by Crippen LogP contribution is -2.06. The average molecular weight is 177 g/mol. The Hall–Kier alpha value is -1.45. The molecule has 1 aromatic rings. The van der Waals surface area contributed by atoms with Gasteiger partial charge in [0.25, 0.3) is 0 Å². The predicted octanol–water partition coefficient (Wildman–Crippen LogP) is 1.75. The van der Waals surface area contributed by atoms with Gasteiger partial charge in [0.1, 0.15) is 0 Å². The van der Waals surface area contributed by atoms with Gasteiger partial charge in [0.15, 0.2) is 17.3 Å². The number of carbonyl (C=O) groups is 1. The van der Waals surface area contributed by atoms with Crippen molar-refractivity contribution < 1.29 is 4.79 Å². The minimum atomic E-state index is 0.0596. The van der Waals surface area contributed by atoms with Gasteiger partial charge in [-0.15, -0.1) is 0 Å². The smallest absolute Gasteiger partial charge is 0.190 e. The van der Waals surface area contributed by atoms with Crippen LogP contribution in [0.4, 0.5) is 5.82 Å². The fraction of sp³-hybridized carbons (Fsp3) is 0.444. The highest BCUT2D eigenvalue weighted by atomic mass is 16.1. The van der Waals surface area contributed by atoms with Crippen LogP contribution >= 0.6 is 0 Å². The SMILES string of the molecule is CC(C)n1cnc2c1N=CCC2=O. The van der Waals surface area contributed by atoms with Crippen LogP contribution in [-0.2, 0) is 0 Å². The van der Waals surface area contributed by atoms with Crippen molar-refractivity contribution in [3.8, 4) is 0 Å². The van der Waals surface area contributed by atoms with E-state index in [2.05, 4.69) is 9.98 Å². The molecule has 0 bridgehead atoms. The van der Waals surface area contributed by atoms with Crippen LogP contribution in [0.3, 0.4) is 0 Å². The fourth-order valence-electron chi connectivity index (χ4n) is 1.37. The van der Waals surface area contributed by atoms with E-state index in [1.165, 1.54) is 0 Å². The Morgan fingerprint density at radius 1 is 1.54 bits per heavy atom. The first kappa shape index (κ1) is 8.16. The summed E-state index contributed by atoms with van der Waals surface area (Å²) in [4.78, 5) is 19.6. The lowest BCUT2D eigenvalue weighted by molar-refractivity contribution is 0.0996. The molecule has 68 valence electrons. The summed E-state index contributed by atoms with van der Waals surface area (Å²) in [5, 5.41) is 0. The molecular weight excluding hydrogens is 166 g/mol. The molecule has 0 aliphatic carbocycles. The zero-order chi connectivity index (χ0) is 9.42. The molecule has 4 nitrogen and oxygen atoms in total. The van der Waals surface area contributed by atoms with Gasteiger partial charge in [0, 0.05) is 18.7 Å². The van der Waals surface area contributed by atoms with E-state index in [4.69, 9.17) is 0 Å². The van der Waals surface area contributed by atoms with Gasteiger partial charge < -0.3 is 4.57 Å². The summed E-state index contributed by atoms with van der Waals surface area (Å²) < 4.78 is 1.91. The number of fused-ring (bicyclic) bond motifs is 1. The molecule has 0 radical (unpaired) electrons. The van der Waals surface area contributed by atoms with E-state index in [1.54, 1.807) is 12.5 Å². The van der Waals surface area contributed by atoms with Gasteiger partial charge in [0.2, 0.25) is 0 Å². The molecule has 2 heterocycles. The van der Waals surface area contributed by atoms with Crippen molar-refractivity contribution >= 4 is 17.8 Å². The number of rotatable bonds is 1. The standard InChI is InChI=1S/C9H11N3O/c1-6(2)12-5-11-8-7(13)3-4-10-9(8)12/h4-6H,3H2,1-2H3. The summed E-state index contributed by atoms with van der Waals surface area (Å²) in [5.74, 6) is 0.760. The maximum absolute atomic E-state index is 11.4. The second-order valence-electron chi connectivity index (χ2n) is 3.36. The van der Waals surface area contributed by atoms with Gasteiger partial charge in [-0.3, -0.25) is 4.79 Å². The molecular formula is C9H11N3O. The molecule has 1 aliphatic heterocycles. The van der Waals surface area contributed by atoms with Crippen molar-refractivity contribution in [1.29, 1.82) is 0 Å². The third kappa shape index (κ3) is 1.18. The second kappa shape index (κ2) is 2.80. The van der Waals surface area contributed by atoms with E-state index in [-0.39, 0.29) is 5.78 Å². The molecule has 0 N–H and O–H groups in total. The number of imidazole rings is 1. The number of nitrogens with zero attached hydrogens (tertiary/aromatic N) is 3. The van der Waals surface area contributed by atoms with Gasteiger partial charge in [-0.25, -0.2) is 9.98 Å². The van der Waals surface area contributed by atoms with Crippen molar-refractivity contribution in [3.63, 3.8) is 0 Å². The average Bonchev–Trinajstić information content (AvgIpc) is 2.48. The monoisotopic (exact) mass is 177 g/mol. The third-order valence-electron chi connectivity index (χ3n) is 2.08. The maximum Gasteiger partial charge on any atom is 0.190 e. The van der Waals surface area contributed by atoms with Crippen molar-refractivity contribution in [2.24, 2.45) is 4.99 Å². The number of aromatic nitrogens is 2. The van der Waals surface area contributed by atoms with Crippen LogP contribution in [0.1, 0.15) is 36.8 Å². The van der Waals surface area contributed by atoms with E-state index >= 15 is 0 Å². The molecule has 4 heteroatoms. The largest absolute Gasteiger partial charge is 0.313 e. The molecule has 0 aromatic carbocycles. The Kier molecular flexibility index (Phi) is 1.76. The molecule has 0 saturated heterocycles. The Bertz CT molecular complexity index is 376. The lowest BCUT2D eigenvalue weighted by Gasteiger charge is -2.10. The van der Waals surface area contributed by atoms with Crippen LogP contribution in [0.25, 0.3) is 0 Å². The van der Waals surface area contributed by atoms with E-state index in [1.807, 2.05) is 18.4 Å². The van der Waals surface area contributed by atoms with Gasteiger partial charge >= 0.3 is 0 Å². The Balaban J connectivity index is 2.55. The molecule has 2 rings (SSSR count). The van der Waals surface area contributed by atoms with Crippen LogP contribution in [0.5, 0.6) is 0 Å². The quantitative estimate of drug-likeness (QED) is 0.656. The van der Waals surface area contributed by atoms with Crippen LogP contribution in [0, 0.1) is 0 Å². The molecule has 1 aliphatic rings. The Morgan fingerprint density at radius 2 is 2.31 bits per heavy atom. The highest BCUT2D eigenvalue weighted by molar-refractivity contribution is 6.08. The number of hydrogen-bond acceptors (Lipinski definition) is 3. The molecule has 0 spiro atoms. The summed E-state index contributed by atoms with van der Waals surface area (Å²) in [6.07, 6.45) is 3.70. The molecule has 0 saturated carbocycles. The van der Waals surface area contributed by atoms with Crippen LogP contribution in [-0.4, -0.2) is 21.5 Å². The zero-order valence-corrected chi connectivity index (χ0v) is 7.69. The van der Waals surface area contributed by atoms with Gasteiger partial charge in [0.05, 0.1) is 6.33 Å². The molecule has 1 aromatic heterocycles. The predicted molar refractivity (Wildman–Crippen MR) is 49.7 cm³/mol. The minimum Gasteiger partial charge on any atom is -0.313 e.